The summed E-state index contributed by atoms with van der Waals surface area (Å²) >= 11 is 0. The van der Waals surface area contributed by atoms with Gasteiger partial charge in [0.1, 0.15) is 11.6 Å². The maximum atomic E-state index is 11.8. The molecule has 0 atom stereocenters. The smallest absolute Gasteiger partial charge is 0.259 e. The van der Waals surface area contributed by atoms with Crippen LogP contribution in [0.2, 0.25) is 0 Å². The number of nitrogens with one attached hydrogen (secondary N) is 1. The predicted octanol–water partition coefficient (Wildman–Crippen LogP) is 0.232. The summed E-state index contributed by atoms with van der Waals surface area (Å²) in [4.78, 5) is 15.2. The van der Waals surface area contributed by atoms with Gasteiger partial charge in [-0.1, -0.05) is 13.8 Å². The zero-order chi connectivity index (χ0) is 13.2. The highest BCUT2D eigenvalue weighted by Crippen LogP contribution is 2.07. The minimum Gasteiger partial charge on any atom is -0.337 e. The second kappa shape index (κ2) is 4.97. The Morgan fingerprint density at radius 2 is 2.12 bits per heavy atom. The molecule has 1 N–H and O–H groups in total. The van der Waals surface area contributed by atoms with Crippen LogP contribution >= 0.6 is 0 Å². The molecule has 6 nitrogen and oxygen atoms in total. The lowest BCUT2D eigenvalue weighted by Gasteiger charge is -2.05. The zero-order valence-electron chi connectivity index (χ0n) is 10.4. The summed E-state index contributed by atoms with van der Waals surface area (Å²) in [7, 11) is -1.98. The molecule has 0 fully saturated rings. The first-order valence-electron chi connectivity index (χ1n) is 5.26. The number of carbonyl (C=O) groups is 1. The molecule has 1 rings (SSSR count). The summed E-state index contributed by atoms with van der Waals surface area (Å²) in [6, 6.07) is 0. The highest BCUT2D eigenvalue weighted by molar-refractivity contribution is 7.89. The number of aromatic nitrogens is 2. The van der Waals surface area contributed by atoms with Crippen molar-refractivity contribution in [2.75, 3.05) is 6.54 Å². The van der Waals surface area contributed by atoms with Gasteiger partial charge in [-0.25, -0.2) is 18.1 Å². The third-order valence-electron chi connectivity index (χ3n) is 2.44. The van der Waals surface area contributed by atoms with Crippen LogP contribution in [0, 0.1) is 12.8 Å². The van der Waals surface area contributed by atoms with Crippen LogP contribution in [0.3, 0.4) is 0 Å². The van der Waals surface area contributed by atoms with E-state index in [1.165, 1.54) is 6.20 Å². The first-order valence-corrected chi connectivity index (χ1v) is 6.74. The van der Waals surface area contributed by atoms with Crippen molar-refractivity contribution in [2.24, 2.45) is 13.0 Å². The van der Waals surface area contributed by atoms with Gasteiger partial charge in [0.25, 0.3) is 10.0 Å². The summed E-state index contributed by atoms with van der Waals surface area (Å²) in [5, 5.41) is -0.0611. The second-order valence-corrected chi connectivity index (χ2v) is 5.90. The Bertz CT molecular complexity index is 497. The van der Waals surface area contributed by atoms with Gasteiger partial charge in [0, 0.05) is 19.2 Å². The average molecular weight is 259 g/mol. The summed E-state index contributed by atoms with van der Waals surface area (Å²) in [5.41, 5.74) is 0. The lowest BCUT2D eigenvalue weighted by atomic mass is 10.1. The Labute approximate surface area is 101 Å². The fraction of sp³-hybridized carbons (Fsp3) is 0.600. The molecular formula is C10H17N3O3S. The Kier molecular flexibility index (Phi) is 4.05. The largest absolute Gasteiger partial charge is 0.337 e. The molecule has 1 aromatic heterocycles. The van der Waals surface area contributed by atoms with Gasteiger partial charge >= 0.3 is 0 Å². The molecule has 0 saturated heterocycles. The number of Topliss-reactive ketones (excluding diaryl/α,β-unsaturated/α-hetero) is 1. The molecule has 0 amide bonds. The summed E-state index contributed by atoms with van der Waals surface area (Å²) < 4.78 is 27.4. The maximum Gasteiger partial charge on any atom is 0.259 e. The monoisotopic (exact) mass is 259 g/mol. The van der Waals surface area contributed by atoms with E-state index < -0.39 is 10.0 Å². The lowest BCUT2D eigenvalue weighted by Crippen LogP contribution is -2.31. The van der Waals surface area contributed by atoms with Gasteiger partial charge in [-0.3, -0.25) is 4.79 Å². The van der Waals surface area contributed by atoms with Crippen molar-refractivity contribution in [3.8, 4) is 0 Å². The van der Waals surface area contributed by atoms with Crippen molar-refractivity contribution in [3.63, 3.8) is 0 Å². The molecule has 7 heteroatoms. The molecule has 0 aliphatic heterocycles. The van der Waals surface area contributed by atoms with Gasteiger partial charge < -0.3 is 4.57 Å². The van der Waals surface area contributed by atoms with Gasteiger partial charge in [0.05, 0.1) is 6.54 Å². The number of aryl methyl sites for hydroxylation is 2. The Balaban J connectivity index is 2.79. The highest BCUT2D eigenvalue weighted by atomic mass is 32.2. The molecular weight excluding hydrogens is 242 g/mol. The molecule has 0 aliphatic carbocycles. The molecule has 1 aromatic rings. The molecule has 1 heterocycles. The van der Waals surface area contributed by atoms with Crippen molar-refractivity contribution in [3.05, 3.63) is 12.0 Å². The Morgan fingerprint density at radius 3 is 2.53 bits per heavy atom. The van der Waals surface area contributed by atoms with Crippen LogP contribution in [0.25, 0.3) is 0 Å². The number of imidazole rings is 1. The number of ketones is 1. The number of carbonyl (C=O) groups excluding carboxylic acids is 1. The lowest BCUT2D eigenvalue weighted by molar-refractivity contribution is -0.120. The Morgan fingerprint density at radius 1 is 1.53 bits per heavy atom. The van der Waals surface area contributed by atoms with Gasteiger partial charge in [0.2, 0.25) is 0 Å². The first kappa shape index (κ1) is 13.9. The molecule has 0 radical (unpaired) electrons. The summed E-state index contributed by atoms with van der Waals surface area (Å²) in [6.07, 6.45) is 1.41. The van der Waals surface area contributed by atoms with E-state index in [1.54, 1.807) is 32.4 Å². The quantitative estimate of drug-likeness (QED) is 0.821. The molecule has 0 unspecified atom stereocenters. The van der Waals surface area contributed by atoms with E-state index in [0.717, 1.165) is 0 Å². The van der Waals surface area contributed by atoms with Crippen molar-refractivity contribution < 1.29 is 13.2 Å². The number of nitrogens with zero attached hydrogens (tertiary/aromatic N) is 2. The molecule has 0 spiro atoms. The van der Waals surface area contributed by atoms with Gasteiger partial charge in [-0.15, -0.1) is 0 Å². The summed E-state index contributed by atoms with van der Waals surface area (Å²) in [5.74, 6) is 0.255. The van der Waals surface area contributed by atoms with Crippen LogP contribution in [0.4, 0.5) is 0 Å². The van der Waals surface area contributed by atoms with Crippen LogP contribution in [-0.2, 0) is 21.9 Å². The average Bonchev–Trinajstić information content (AvgIpc) is 2.56. The van der Waals surface area contributed by atoms with Gasteiger partial charge in [-0.2, -0.15) is 0 Å². The minimum absolute atomic E-state index is 0.0611. The van der Waals surface area contributed by atoms with Gasteiger partial charge in [-0.05, 0) is 6.92 Å². The highest BCUT2D eigenvalue weighted by Gasteiger charge is 2.20. The van der Waals surface area contributed by atoms with Crippen molar-refractivity contribution in [2.45, 2.75) is 25.8 Å². The second-order valence-electron chi connectivity index (χ2n) is 4.18. The molecule has 96 valence electrons. The zero-order valence-corrected chi connectivity index (χ0v) is 11.2. The van der Waals surface area contributed by atoms with Crippen LogP contribution < -0.4 is 4.72 Å². The van der Waals surface area contributed by atoms with E-state index in [1.807, 2.05) is 0 Å². The van der Waals surface area contributed by atoms with E-state index >= 15 is 0 Å². The minimum atomic E-state index is -3.69. The van der Waals surface area contributed by atoms with Gasteiger partial charge in [0.15, 0.2) is 5.03 Å². The molecule has 0 bridgehead atoms. The first-order chi connectivity index (χ1) is 7.74. The number of hydrogen-bond donors (Lipinski definition) is 1. The normalized spacial score (nSPS) is 12.1. The van der Waals surface area contributed by atoms with E-state index in [2.05, 4.69) is 9.71 Å². The van der Waals surface area contributed by atoms with Crippen LogP contribution in [-0.4, -0.2) is 30.3 Å². The molecule has 0 aliphatic rings. The standard InChI is InChI=1S/C10H17N3O3S/c1-7(2)9(14)5-11-17(15,16)10-6-13(4)8(3)12-10/h6-7,11H,5H2,1-4H3. The summed E-state index contributed by atoms with van der Waals surface area (Å²) in [6.45, 7) is 4.96. The maximum absolute atomic E-state index is 11.8. The van der Waals surface area contributed by atoms with E-state index in [9.17, 15) is 13.2 Å². The van der Waals surface area contributed by atoms with Crippen molar-refractivity contribution in [1.82, 2.24) is 14.3 Å². The van der Waals surface area contributed by atoms with Crippen molar-refractivity contribution in [1.29, 1.82) is 0 Å². The molecule has 0 aromatic carbocycles. The van der Waals surface area contributed by atoms with E-state index in [0.29, 0.717) is 5.82 Å². The fourth-order valence-electron chi connectivity index (χ4n) is 1.10. The predicted molar refractivity (Wildman–Crippen MR) is 63.0 cm³/mol. The molecule has 0 saturated carbocycles. The SMILES string of the molecule is Cc1nc(S(=O)(=O)NCC(=O)C(C)C)cn1C. The third kappa shape index (κ3) is 3.37. The third-order valence-corrected chi connectivity index (χ3v) is 3.71. The fourth-order valence-corrected chi connectivity index (χ4v) is 2.13. The van der Waals surface area contributed by atoms with E-state index in [4.69, 9.17) is 0 Å². The van der Waals surface area contributed by atoms with Crippen LogP contribution in [0.1, 0.15) is 19.7 Å². The van der Waals surface area contributed by atoms with Crippen LogP contribution in [0.15, 0.2) is 11.2 Å². The van der Waals surface area contributed by atoms with Crippen molar-refractivity contribution >= 4 is 15.8 Å². The molecule has 17 heavy (non-hydrogen) atoms. The number of sulfonamides is 1. The number of rotatable bonds is 5. The van der Waals surface area contributed by atoms with E-state index in [-0.39, 0.29) is 23.3 Å². The van der Waals surface area contributed by atoms with Crippen LogP contribution in [0.5, 0.6) is 0 Å². The topological polar surface area (TPSA) is 81.1 Å². The Hall–Kier alpha value is -1.21. The number of hydrogen-bond acceptors (Lipinski definition) is 4.